The van der Waals surface area contributed by atoms with Crippen molar-refractivity contribution in [2.75, 3.05) is 5.83 Å². The van der Waals surface area contributed by atoms with Gasteiger partial charge in [0.1, 0.15) is 0 Å². The van der Waals surface area contributed by atoms with E-state index in [0.717, 1.165) is 0 Å². The van der Waals surface area contributed by atoms with Gasteiger partial charge in [-0.15, -0.1) is 24.0 Å². The first-order chi connectivity index (χ1) is 1.00. The van der Waals surface area contributed by atoms with E-state index in [4.69, 9.17) is 0 Å². The molecule has 0 aliphatic carbocycles. The topological polar surface area (TPSA) is 0 Å². The first kappa shape index (κ1) is 16.5. The van der Waals surface area contributed by atoms with E-state index in [2.05, 4.69) is 15.9 Å². The van der Waals surface area contributed by atoms with Gasteiger partial charge in [0.25, 0.3) is 0 Å². The van der Waals surface area contributed by atoms with Crippen LogP contribution in [0.1, 0.15) is 0 Å². The summed E-state index contributed by atoms with van der Waals surface area (Å²) in [6.45, 7) is 0. The molecule has 0 aromatic carbocycles. The van der Waals surface area contributed by atoms with Crippen LogP contribution in [0.25, 0.3) is 0 Å². The summed E-state index contributed by atoms with van der Waals surface area (Å²) in [5.74, 6) is 1.81. The second kappa shape index (κ2) is 19.3. The Morgan fingerprint density at radius 3 is 1.25 bits per heavy atom. The molecule has 28 valence electrons. The predicted octanol–water partition coefficient (Wildman–Crippen LogP) is 0.713. The minimum absolute atomic E-state index is 0. The second-order valence-corrected chi connectivity index (χ2v) is 0. The summed E-state index contributed by atoms with van der Waals surface area (Å²) in [6.07, 6.45) is 0. The van der Waals surface area contributed by atoms with Crippen molar-refractivity contribution in [1.29, 1.82) is 0 Å². The van der Waals surface area contributed by atoms with Crippen molar-refractivity contribution in [2.24, 2.45) is 0 Å². The Morgan fingerprint density at radius 1 is 1.25 bits per heavy atom. The molecule has 3 heteroatoms. The number of hydrogen-bond donors (Lipinski definition) is 0. The van der Waals surface area contributed by atoms with Crippen LogP contribution in [0.4, 0.5) is 0 Å². The Morgan fingerprint density at radius 2 is 1.25 bits per heavy atom. The van der Waals surface area contributed by atoms with Crippen LogP contribution < -0.4 is 0 Å². The molecule has 0 aliphatic rings. The monoisotopic (exact) mass is 432 g/mol. The number of alkyl halides is 1. The van der Waals surface area contributed by atoms with Crippen molar-refractivity contribution in [2.45, 2.75) is 0 Å². The second-order valence-electron chi connectivity index (χ2n) is 0. The van der Waals surface area contributed by atoms with Gasteiger partial charge in [0, 0.05) is 0 Å². The van der Waals surface area contributed by atoms with E-state index in [9.17, 15) is 0 Å². The Kier molecular flexibility index (Phi) is 79.3. The first-order valence-electron chi connectivity index (χ1n) is 0.378. The van der Waals surface area contributed by atoms with Crippen LogP contribution in [0, 0.1) is 0 Å². The van der Waals surface area contributed by atoms with E-state index in [1.807, 2.05) is 5.83 Å². The summed E-state index contributed by atoms with van der Waals surface area (Å²) in [6, 6.07) is 0. The SMILES string of the molecule is CBr.I.[PbH2]. The average Bonchev–Trinajstić information content (AvgIpc) is 1.00. The van der Waals surface area contributed by atoms with Gasteiger partial charge in [-0.3, -0.25) is 0 Å². The summed E-state index contributed by atoms with van der Waals surface area (Å²) in [5.41, 5.74) is 0. The molecule has 0 atom stereocenters. The van der Waals surface area contributed by atoms with E-state index in [-0.39, 0.29) is 51.3 Å². The van der Waals surface area contributed by atoms with Crippen molar-refractivity contribution < 1.29 is 0 Å². The van der Waals surface area contributed by atoms with E-state index in [0.29, 0.717) is 0 Å². The fourth-order valence-corrected chi connectivity index (χ4v) is 0. The fourth-order valence-electron chi connectivity index (χ4n) is 0. The molecule has 4 heavy (non-hydrogen) atoms. The Balaban J connectivity index is -0.00000000500. The van der Waals surface area contributed by atoms with Crippen LogP contribution in [-0.2, 0) is 0 Å². The maximum atomic E-state index is 2.94. The van der Waals surface area contributed by atoms with E-state index in [1.165, 1.54) is 0 Å². The van der Waals surface area contributed by atoms with Gasteiger partial charge < -0.3 is 0 Å². The van der Waals surface area contributed by atoms with Gasteiger partial charge in [0.15, 0.2) is 0 Å². The van der Waals surface area contributed by atoms with E-state index in [1.54, 1.807) is 0 Å². The molecule has 0 heterocycles. The van der Waals surface area contributed by atoms with Crippen molar-refractivity contribution >= 4 is 67.2 Å². The maximum absolute atomic E-state index is 2.94. The van der Waals surface area contributed by atoms with Crippen molar-refractivity contribution in [1.82, 2.24) is 0 Å². The molecule has 0 N–H and O–H groups in total. The van der Waals surface area contributed by atoms with Gasteiger partial charge in [-0.2, -0.15) is 0 Å². The van der Waals surface area contributed by atoms with Gasteiger partial charge in [-0.1, -0.05) is 15.9 Å². The molecule has 0 fully saturated rings. The van der Waals surface area contributed by atoms with Crippen molar-refractivity contribution in [3.63, 3.8) is 0 Å². The third kappa shape index (κ3) is 8.92. The molecule has 2 radical (unpaired) electrons. The van der Waals surface area contributed by atoms with Gasteiger partial charge in [0.05, 0.1) is 0 Å². The Hall–Kier alpha value is 2.13. The van der Waals surface area contributed by atoms with Crippen LogP contribution in [0.2, 0.25) is 0 Å². The molecule has 0 unspecified atom stereocenters. The molecule has 0 rings (SSSR count). The quantitative estimate of drug-likeness (QED) is 0.301. The third-order valence-corrected chi connectivity index (χ3v) is 0. The molecule has 0 aromatic heterocycles. The number of hydrogen-bond acceptors (Lipinski definition) is 0. The predicted molar refractivity (Wildman–Crippen MR) is 38.8 cm³/mol. The third-order valence-electron chi connectivity index (χ3n) is 0. The van der Waals surface area contributed by atoms with Crippen LogP contribution in [-0.4, -0.2) is 33.1 Å². The zero-order valence-corrected chi connectivity index (χ0v) is 11.9. The molecular formula is CH6BrIPb. The normalized spacial score (nSPS) is 1.50. The standard InChI is InChI=1S/CH3Br.HI.Pb.2H/c1-2;;;;/h1H3;1H;;;. The van der Waals surface area contributed by atoms with Crippen molar-refractivity contribution in [3.8, 4) is 0 Å². The van der Waals surface area contributed by atoms with Gasteiger partial charge in [-0.05, 0) is 5.83 Å². The molecule has 0 bridgehead atoms. The molecule has 0 saturated heterocycles. The fraction of sp³-hybridized carbons (Fsp3) is 1.00. The molecule has 0 saturated carbocycles. The molecule has 0 amide bonds. The summed E-state index contributed by atoms with van der Waals surface area (Å²) >= 11 is 2.94. The zero-order valence-electron chi connectivity index (χ0n) is 2.49. The summed E-state index contributed by atoms with van der Waals surface area (Å²) in [4.78, 5) is 0. The van der Waals surface area contributed by atoms with Gasteiger partial charge in [0.2, 0.25) is 0 Å². The molecule has 0 aliphatic heterocycles. The molecule has 0 spiro atoms. The van der Waals surface area contributed by atoms with E-state index >= 15 is 0 Å². The number of halogens is 2. The number of rotatable bonds is 0. The molecular weight excluding hydrogens is 426 g/mol. The Labute approximate surface area is 72.0 Å². The first-order valence-corrected chi connectivity index (χ1v) is 1.96. The van der Waals surface area contributed by atoms with Crippen LogP contribution >= 0.6 is 39.9 Å². The summed E-state index contributed by atoms with van der Waals surface area (Å²) < 4.78 is 0. The van der Waals surface area contributed by atoms with Crippen LogP contribution in [0.15, 0.2) is 0 Å². The van der Waals surface area contributed by atoms with Crippen LogP contribution in [0.3, 0.4) is 0 Å². The summed E-state index contributed by atoms with van der Waals surface area (Å²) in [7, 11) is 0. The van der Waals surface area contributed by atoms with Gasteiger partial charge >= 0.3 is 27.3 Å². The molecule has 0 nitrogen and oxygen atoms in total. The Bertz CT molecular complexity index is 8.00. The zero-order chi connectivity index (χ0) is 2.00. The molecule has 0 aromatic rings. The minimum atomic E-state index is 0. The van der Waals surface area contributed by atoms with Gasteiger partial charge in [-0.25, -0.2) is 0 Å². The summed E-state index contributed by atoms with van der Waals surface area (Å²) in [5, 5.41) is 0. The van der Waals surface area contributed by atoms with E-state index < -0.39 is 0 Å². The average molecular weight is 432 g/mol. The van der Waals surface area contributed by atoms with Crippen molar-refractivity contribution in [3.05, 3.63) is 0 Å². The van der Waals surface area contributed by atoms with Crippen LogP contribution in [0.5, 0.6) is 0 Å².